The van der Waals surface area contributed by atoms with E-state index in [-0.39, 0.29) is 11.8 Å². The summed E-state index contributed by atoms with van der Waals surface area (Å²) in [6.45, 7) is 3.75. The van der Waals surface area contributed by atoms with Gasteiger partial charge < -0.3 is 14.5 Å². The van der Waals surface area contributed by atoms with Crippen molar-refractivity contribution < 1.29 is 24.0 Å². The maximum atomic E-state index is 11.6. The molecule has 1 aliphatic rings. The van der Waals surface area contributed by atoms with E-state index in [1.54, 1.807) is 18.3 Å². The highest BCUT2D eigenvalue weighted by Crippen LogP contribution is 2.22. The molecule has 1 aliphatic heterocycles. The first-order chi connectivity index (χ1) is 15.5. The molecular weight excluding hydrogens is 412 g/mol. The quantitative estimate of drug-likeness (QED) is 0.170. The molecule has 0 saturated carbocycles. The van der Waals surface area contributed by atoms with Crippen molar-refractivity contribution >= 4 is 34.7 Å². The zero-order valence-corrected chi connectivity index (χ0v) is 17.6. The average molecular weight is 436 g/mol. The smallest absolute Gasteiger partial charge is 0.310 e. The van der Waals surface area contributed by atoms with Gasteiger partial charge in [-0.2, -0.15) is 0 Å². The Kier molecular flexibility index (Phi) is 6.48. The molecule has 0 spiro atoms. The van der Waals surface area contributed by atoms with Gasteiger partial charge in [-0.05, 0) is 42.3 Å². The number of aromatic nitrogens is 1. The van der Waals surface area contributed by atoms with E-state index in [2.05, 4.69) is 21.3 Å². The van der Waals surface area contributed by atoms with Crippen molar-refractivity contribution in [2.24, 2.45) is 0 Å². The van der Waals surface area contributed by atoms with Crippen LogP contribution in [-0.4, -0.2) is 46.1 Å². The van der Waals surface area contributed by atoms with Crippen LogP contribution in [0, 0.1) is 0 Å². The lowest BCUT2D eigenvalue weighted by Gasteiger charge is -2.16. The lowest BCUT2D eigenvalue weighted by atomic mass is 10.2. The Morgan fingerprint density at radius 1 is 1.31 bits per heavy atom. The maximum absolute atomic E-state index is 11.6. The van der Waals surface area contributed by atoms with Gasteiger partial charge in [0.05, 0.1) is 6.54 Å². The lowest BCUT2D eigenvalue weighted by molar-refractivity contribution is -0.142. The van der Waals surface area contributed by atoms with Crippen molar-refractivity contribution in [3.8, 4) is 0 Å². The fourth-order valence-corrected chi connectivity index (χ4v) is 3.72. The number of ether oxygens (including phenoxy) is 1. The molecule has 1 saturated heterocycles. The van der Waals surface area contributed by atoms with Crippen molar-refractivity contribution in [1.29, 1.82) is 0 Å². The number of rotatable bonds is 7. The Balaban J connectivity index is 1.34. The van der Waals surface area contributed by atoms with Gasteiger partial charge in [0.25, 0.3) is 0 Å². The predicted octanol–water partition coefficient (Wildman–Crippen LogP) is 2.92. The Bertz CT molecular complexity index is 1110. The lowest BCUT2D eigenvalue weighted by Crippen LogP contribution is -2.26. The molecular formula is C23H24N4O5. The highest BCUT2D eigenvalue weighted by Gasteiger charge is 2.23. The van der Waals surface area contributed by atoms with Gasteiger partial charge in [0.2, 0.25) is 0 Å². The van der Waals surface area contributed by atoms with Crippen molar-refractivity contribution in [3.05, 3.63) is 65.7 Å². The van der Waals surface area contributed by atoms with E-state index in [4.69, 9.17) is 14.4 Å². The molecule has 3 N–H and O–H groups in total. The predicted molar refractivity (Wildman–Crippen MR) is 117 cm³/mol. The molecule has 166 valence electrons. The SMILES string of the molecule is CC(=O)O/C(=C/c1ccc(N[C@@H]2CCN(Cc3cc4ccccc4o3)C2)nc1)C(=O)NO. The number of nitrogens with zero attached hydrogens (tertiary/aromatic N) is 2. The number of nitrogens with one attached hydrogen (secondary N) is 2. The van der Waals surface area contributed by atoms with Crippen LogP contribution < -0.4 is 10.8 Å². The van der Waals surface area contributed by atoms with Crippen molar-refractivity contribution in [2.75, 3.05) is 18.4 Å². The molecule has 9 heteroatoms. The molecule has 1 aromatic carbocycles. The van der Waals surface area contributed by atoms with Crippen LogP contribution in [0.1, 0.15) is 24.7 Å². The van der Waals surface area contributed by atoms with E-state index in [1.165, 1.54) is 18.5 Å². The van der Waals surface area contributed by atoms with Crippen molar-refractivity contribution in [1.82, 2.24) is 15.4 Å². The largest absolute Gasteiger partial charge is 0.460 e. The molecule has 0 aliphatic carbocycles. The summed E-state index contributed by atoms with van der Waals surface area (Å²) in [6, 6.07) is 13.9. The van der Waals surface area contributed by atoms with Crippen molar-refractivity contribution in [3.63, 3.8) is 0 Å². The summed E-state index contributed by atoms with van der Waals surface area (Å²) < 4.78 is 10.7. The van der Waals surface area contributed by atoms with Gasteiger partial charge in [-0.15, -0.1) is 0 Å². The second-order valence-electron chi connectivity index (χ2n) is 7.64. The Labute approximate surface area is 184 Å². The summed E-state index contributed by atoms with van der Waals surface area (Å²) in [4.78, 5) is 29.5. The van der Waals surface area contributed by atoms with Gasteiger partial charge in [-0.3, -0.25) is 19.7 Å². The Hall–Kier alpha value is -3.69. The number of furan rings is 1. The molecule has 0 unspecified atom stereocenters. The molecule has 0 bridgehead atoms. The topological polar surface area (TPSA) is 117 Å². The molecule has 9 nitrogen and oxygen atoms in total. The molecule has 4 rings (SSSR count). The summed E-state index contributed by atoms with van der Waals surface area (Å²) in [5.74, 6) is -0.244. The number of carbonyl (C=O) groups excluding carboxylic acids is 2. The first-order valence-corrected chi connectivity index (χ1v) is 10.3. The average Bonchev–Trinajstić information content (AvgIpc) is 3.39. The maximum Gasteiger partial charge on any atom is 0.310 e. The number of carbonyl (C=O) groups is 2. The second kappa shape index (κ2) is 9.63. The number of fused-ring (bicyclic) bond motifs is 1. The molecule has 1 amide bonds. The molecule has 0 radical (unpaired) electrons. The minimum Gasteiger partial charge on any atom is -0.460 e. The molecule has 2 aromatic heterocycles. The fourth-order valence-electron chi connectivity index (χ4n) is 3.72. The molecule has 1 atom stereocenters. The molecule has 3 heterocycles. The van der Waals surface area contributed by atoms with E-state index >= 15 is 0 Å². The van der Waals surface area contributed by atoms with Gasteiger partial charge in [-0.25, -0.2) is 10.5 Å². The first-order valence-electron chi connectivity index (χ1n) is 10.3. The van der Waals surface area contributed by atoms with Gasteiger partial charge in [0.15, 0.2) is 5.76 Å². The van der Waals surface area contributed by atoms with E-state index in [9.17, 15) is 9.59 Å². The summed E-state index contributed by atoms with van der Waals surface area (Å²) in [7, 11) is 0. The molecule has 3 aromatic rings. The summed E-state index contributed by atoms with van der Waals surface area (Å²) in [6.07, 6.45) is 3.86. The van der Waals surface area contributed by atoms with Gasteiger partial charge in [-0.1, -0.05) is 18.2 Å². The van der Waals surface area contributed by atoms with Gasteiger partial charge >= 0.3 is 11.9 Å². The van der Waals surface area contributed by atoms with E-state index in [0.717, 1.165) is 42.8 Å². The van der Waals surface area contributed by atoms with Gasteiger partial charge in [0, 0.05) is 37.6 Å². The standard InChI is InChI=1S/C23H24N4O5/c1-15(28)31-21(23(29)26-30)10-16-6-7-22(24-12-16)25-18-8-9-27(13-18)14-19-11-17-4-2-3-5-20(17)32-19/h2-7,10-12,18,30H,8-9,13-14H2,1H3,(H,24,25)(H,26,29)/b21-10+/t18-/m1/s1. The molecule has 32 heavy (non-hydrogen) atoms. The van der Waals surface area contributed by atoms with Crippen LogP contribution in [-0.2, 0) is 20.9 Å². The van der Waals surface area contributed by atoms with Crippen LogP contribution in [0.3, 0.4) is 0 Å². The number of hydrogen-bond donors (Lipinski definition) is 3. The number of benzene rings is 1. The molecule has 1 fully saturated rings. The normalized spacial score (nSPS) is 16.8. The van der Waals surface area contributed by atoms with Crippen LogP contribution in [0.2, 0.25) is 0 Å². The van der Waals surface area contributed by atoms with E-state index in [1.807, 2.05) is 24.3 Å². The van der Waals surface area contributed by atoms with Crippen LogP contribution in [0.25, 0.3) is 17.0 Å². The third kappa shape index (κ3) is 5.32. The van der Waals surface area contributed by atoms with E-state index in [0.29, 0.717) is 11.4 Å². The number of pyridine rings is 1. The van der Waals surface area contributed by atoms with Gasteiger partial charge in [0.1, 0.15) is 17.2 Å². The van der Waals surface area contributed by atoms with Crippen LogP contribution in [0.15, 0.2) is 58.8 Å². The minimum atomic E-state index is -0.919. The Morgan fingerprint density at radius 3 is 2.88 bits per heavy atom. The Morgan fingerprint density at radius 2 is 2.16 bits per heavy atom. The van der Waals surface area contributed by atoms with E-state index < -0.39 is 11.9 Å². The number of para-hydroxylation sites is 1. The highest BCUT2D eigenvalue weighted by atomic mass is 16.5. The van der Waals surface area contributed by atoms with Crippen LogP contribution >= 0.6 is 0 Å². The number of anilines is 1. The van der Waals surface area contributed by atoms with Crippen LogP contribution in [0.4, 0.5) is 5.82 Å². The summed E-state index contributed by atoms with van der Waals surface area (Å²) in [5.41, 5.74) is 2.91. The number of likely N-dealkylation sites (tertiary alicyclic amines) is 1. The summed E-state index contributed by atoms with van der Waals surface area (Å²) in [5, 5.41) is 13.3. The zero-order valence-electron chi connectivity index (χ0n) is 17.6. The number of hydroxylamine groups is 1. The fraction of sp³-hybridized carbons (Fsp3) is 0.261. The highest BCUT2D eigenvalue weighted by molar-refractivity contribution is 5.97. The summed E-state index contributed by atoms with van der Waals surface area (Å²) >= 11 is 0. The third-order valence-corrected chi connectivity index (χ3v) is 5.14. The third-order valence-electron chi connectivity index (χ3n) is 5.14. The first kappa shape index (κ1) is 21.5. The van der Waals surface area contributed by atoms with Crippen LogP contribution in [0.5, 0.6) is 0 Å². The number of hydrogen-bond acceptors (Lipinski definition) is 8. The van der Waals surface area contributed by atoms with Crippen molar-refractivity contribution in [2.45, 2.75) is 25.9 Å². The number of esters is 1. The second-order valence-corrected chi connectivity index (χ2v) is 7.64. The minimum absolute atomic E-state index is 0.255. The number of amides is 1. The zero-order chi connectivity index (χ0) is 22.5. The monoisotopic (exact) mass is 436 g/mol.